The largest absolute Gasteiger partial charge is 0.493 e. The molecular weight excluding hydrogens is 272 g/mol. The third-order valence-electron chi connectivity index (χ3n) is 2.89. The van der Waals surface area contributed by atoms with Gasteiger partial charge >= 0.3 is 0 Å². The van der Waals surface area contributed by atoms with E-state index < -0.39 is 0 Å². The average molecular weight is 290 g/mol. The summed E-state index contributed by atoms with van der Waals surface area (Å²) in [5, 5.41) is 5.47. The number of carbonyl (C=O) groups excluding carboxylic acids is 1. The third-order valence-corrected chi connectivity index (χ3v) is 3.92. The van der Waals surface area contributed by atoms with Crippen molar-refractivity contribution < 1.29 is 9.53 Å². The van der Waals surface area contributed by atoms with E-state index in [4.69, 9.17) is 10.5 Å². The van der Waals surface area contributed by atoms with Crippen molar-refractivity contribution in [2.24, 2.45) is 5.73 Å². The summed E-state index contributed by atoms with van der Waals surface area (Å²) in [5.41, 5.74) is 7.41. The van der Waals surface area contributed by atoms with Gasteiger partial charge in [0.1, 0.15) is 5.75 Å². The number of benzene rings is 1. The summed E-state index contributed by atoms with van der Waals surface area (Å²) in [5.74, 6) is 0.388. The normalized spacial score (nSPS) is 10.2. The lowest BCUT2D eigenvalue weighted by Gasteiger charge is -2.08. The van der Waals surface area contributed by atoms with E-state index in [9.17, 15) is 4.79 Å². The van der Waals surface area contributed by atoms with Crippen LogP contribution in [0.5, 0.6) is 5.75 Å². The van der Waals surface area contributed by atoms with E-state index >= 15 is 0 Å². The molecular formula is C15H18N2O2S. The van der Waals surface area contributed by atoms with Crippen molar-refractivity contribution >= 4 is 22.9 Å². The summed E-state index contributed by atoms with van der Waals surface area (Å²) in [4.78, 5) is 11.9. The zero-order chi connectivity index (χ0) is 14.4. The monoisotopic (exact) mass is 290 g/mol. The van der Waals surface area contributed by atoms with Crippen LogP contribution in [0.2, 0.25) is 0 Å². The molecule has 1 aromatic heterocycles. The second-order valence-electron chi connectivity index (χ2n) is 4.47. The van der Waals surface area contributed by atoms with E-state index in [0.29, 0.717) is 6.61 Å². The zero-order valence-corrected chi connectivity index (χ0v) is 12.2. The maximum absolute atomic E-state index is 10.6. The SMILES string of the molecule is Cc1ccsc1CNc1ccc(OCCC(N)=O)cc1. The fourth-order valence-electron chi connectivity index (χ4n) is 1.71. The highest BCUT2D eigenvalue weighted by molar-refractivity contribution is 7.10. The Morgan fingerprint density at radius 1 is 1.30 bits per heavy atom. The molecule has 0 saturated carbocycles. The third kappa shape index (κ3) is 4.28. The van der Waals surface area contributed by atoms with Gasteiger partial charge in [0, 0.05) is 17.1 Å². The van der Waals surface area contributed by atoms with Crippen LogP contribution in [0.25, 0.3) is 0 Å². The summed E-state index contributed by atoms with van der Waals surface area (Å²) in [6, 6.07) is 9.80. The molecule has 0 atom stereocenters. The lowest BCUT2D eigenvalue weighted by molar-refractivity contribution is -0.118. The molecule has 0 spiro atoms. The number of amides is 1. The molecule has 0 radical (unpaired) electrons. The molecule has 1 amide bonds. The molecule has 2 aromatic rings. The standard InChI is InChI=1S/C15H18N2O2S/c1-11-7-9-20-14(11)10-17-12-2-4-13(5-3-12)19-8-6-15(16)18/h2-5,7,9,17H,6,8,10H2,1H3,(H2,16,18). The van der Waals surface area contributed by atoms with Crippen LogP contribution in [0.1, 0.15) is 16.9 Å². The Morgan fingerprint density at radius 2 is 2.05 bits per heavy atom. The first-order chi connectivity index (χ1) is 9.65. The molecule has 0 saturated heterocycles. The number of rotatable bonds is 7. The topological polar surface area (TPSA) is 64.3 Å². The molecule has 1 heterocycles. The Labute approximate surface area is 122 Å². The fraction of sp³-hybridized carbons (Fsp3) is 0.267. The molecule has 0 aliphatic carbocycles. The minimum Gasteiger partial charge on any atom is -0.493 e. The van der Waals surface area contributed by atoms with Gasteiger partial charge in [0.2, 0.25) is 5.91 Å². The Kier molecular flexibility index (Phi) is 5.01. The zero-order valence-electron chi connectivity index (χ0n) is 11.4. The van der Waals surface area contributed by atoms with Gasteiger partial charge in [-0.25, -0.2) is 0 Å². The summed E-state index contributed by atoms with van der Waals surface area (Å²) in [6.07, 6.45) is 0.234. The number of nitrogens with two attached hydrogens (primary N) is 1. The number of nitrogens with one attached hydrogen (secondary N) is 1. The van der Waals surface area contributed by atoms with Crippen LogP contribution < -0.4 is 15.8 Å². The van der Waals surface area contributed by atoms with Crippen LogP contribution in [-0.2, 0) is 11.3 Å². The van der Waals surface area contributed by atoms with Crippen molar-refractivity contribution in [3.63, 3.8) is 0 Å². The number of anilines is 1. The van der Waals surface area contributed by atoms with Crippen LogP contribution >= 0.6 is 11.3 Å². The molecule has 5 heteroatoms. The van der Waals surface area contributed by atoms with Crippen molar-refractivity contribution in [3.05, 3.63) is 46.2 Å². The van der Waals surface area contributed by atoms with Gasteiger partial charge in [0.05, 0.1) is 13.0 Å². The highest BCUT2D eigenvalue weighted by Crippen LogP contribution is 2.19. The lowest BCUT2D eigenvalue weighted by Crippen LogP contribution is -2.14. The van der Waals surface area contributed by atoms with Crippen LogP contribution in [0.4, 0.5) is 5.69 Å². The molecule has 0 aliphatic heterocycles. The number of ether oxygens (including phenoxy) is 1. The molecule has 3 N–H and O–H groups in total. The smallest absolute Gasteiger partial charge is 0.220 e. The second-order valence-corrected chi connectivity index (χ2v) is 5.47. The second kappa shape index (κ2) is 6.96. The maximum Gasteiger partial charge on any atom is 0.220 e. The molecule has 0 bridgehead atoms. The van der Waals surface area contributed by atoms with Crippen molar-refractivity contribution in [1.29, 1.82) is 0 Å². The van der Waals surface area contributed by atoms with E-state index in [0.717, 1.165) is 18.0 Å². The van der Waals surface area contributed by atoms with E-state index in [2.05, 4.69) is 23.7 Å². The van der Waals surface area contributed by atoms with Gasteiger partial charge in [-0.3, -0.25) is 4.79 Å². The van der Waals surface area contributed by atoms with Crippen LogP contribution in [0.3, 0.4) is 0 Å². The molecule has 2 rings (SSSR count). The summed E-state index contributed by atoms with van der Waals surface area (Å²) < 4.78 is 5.41. The molecule has 0 aliphatic rings. The van der Waals surface area contributed by atoms with Crippen molar-refractivity contribution in [1.82, 2.24) is 0 Å². The number of hydrogen-bond acceptors (Lipinski definition) is 4. The van der Waals surface area contributed by atoms with Crippen molar-refractivity contribution in [2.45, 2.75) is 19.9 Å². The first kappa shape index (κ1) is 14.4. The summed E-state index contributed by atoms with van der Waals surface area (Å²) >= 11 is 1.75. The van der Waals surface area contributed by atoms with Gasteiger partial charge in [-0.1, -0.05) is 0 Å². The quantitative estimate of drug-likeness (QED) is 0.824. The molecule has 0 unspecified atom stereocenters. The number of primary amides is 1. The predicted molar refractivity (Wildman–Crippen MR) is 82.1 cm³/mol. The van der Waals surface area contributed by atoms with Gasteiger partial charge < -0.3 is 15.8 Å². The molecule has 20 heavy (non-hydrogen) atoms. The number of carbonyl (C=O) groups is 1. The van der Waals surface area contributed by atoms with Crippen LogP contribution in [-0.4, -0.2) is 12.5 Å². The highest BCUT2D eigenvalue weighted by Gasteiger charge is 2.01. The molecule has 1 aromatic carbocycles. The van der Waals surface area contributed by atoms with E-state index in [1.165, 1.54) is 10.4 Å². The van der Waals surface area contributed by atoms with E-state index in [-0.39, 0.29) is 12.3 Å². The Hall–Kier alpha value is -2.01. The van der Waals surface area contributed by atoms with Gasteiger partial charge in [-0.05, 0) is 48.2 Å². The maximum atomic E-state index is 10.6. The Morgan fingerprint density at radius 3 is 2.65 bits per heavy atom. The van der Waals surface area contributed by atoms with E-state index in [1.807, 2.05) is 24.3 Å². The van der Waals surface area contributed by atoms with Crippen molar-refractivity contribution in [2.75, 3.05) is 11.9 Å². The van der Waals surface area contributed by atoms with Gasteiger partial charge in [-0.15, -0.1) is 11.3 Å². The lowest BCUT2D eigenvalue weighted by atomic mass is 10.2. The molecule has 106 valence electrons. The minimum atomic E-state index is -0.352. The first-order valence-corrected chi connectivity index (χ1v) is 7.31. The summed E-state index contributed by atoms with van der Waals surface area (Å²) in [7, 11) is 0. The summed E-state index contributed by atoms with van der Waals surface area (Å²) in [6.45, 7) is 3.26. The number of hydrogen-bond donors (Lipinski definition) is 2. The van der Waals surface area contributed by atoms with Crippen molar-refractivity contribution in [3.8, 4) is 5.75 Å². The van der Waals surface area contributed by atoms with E-state index in [1.54, 1.807) is 11.3 Å². The molecule has 4 nitrogen and oxygen atoms in total. The van der Waals surface area contributed by atoms with Crippen LogP contribution in [0, 0.1) is 6.92 Å². The number of thiophene rings is 1. The Bertz CT molecular complexity index is 564. The fourth-order valence-corrected chi connectivity index (χ4v) is 2.55. The van der Waals surface area contributed by atoms with Crippen LogP contribution in [0.15, 0.2) is 35.7 Å². The first-order valence-electron chi connectivity index (χ1n) is 6.43. The van der Waals surface area contributed by atoms with Gasteiger partial charge in [0.15, 0.2) is 0 Å². The average Bonchev–Trinajstić information content (AvgIpc) is 2.83. The molecule has 0 fully saturated rings. The van der Waals surface area contributed by atoms with Gasteiger partial charge in [-0.2, -0.15) is 0 Å². The predicted octanol–water partition coefficient (Wildman–Crippen LogP) is 2.92. The minimum absolute atomic E-state index is 0.234. The van der Waals surface area contributed by atoms with Gasteiger partial charge in [0.25, 0.3) is 0 Å². The highest BCUT2D eigenvalue weighted by atomic mass is 32.1. The Balaban J connectivity index is 1.82. The number of aryl methyl sites for hydroxylation is 1.